The van der Waals surface area contributed by atoms with Crippen molar-refractivity contribution in [1.29, 1.82) is 0 Å². The van der Waals surface area contributed by atoms with Gasteiger partial charge in [-0.05, 0) is 28.6 Å². The van der Waals surface area contributed by atoms with E-state index in [0.717, 1.165) is 5.69 Å². The summed E-state index contributed by atoms with van der Waals surface area (Å²) in [5, 5.41) is 18.3. The average Bonchev–Trinajstić information content (AvgIpc) is 2.85. The quantitative estimate of drug-likeness (QED) is 0.670. The first-order valence-electron chi connectivity index (χ1n) is 4.96. The minimum Gasteiger partial charge on any atom is -0.363 e. The Hall–Kier alpha value is -2.64. The molecule has 0 aromatic carbocycles. The van der Waals surface area contributed by atoms with Crippen LogP contribution >= 0.6 is 0 Å². The Bertz CT molecular complexity index is 619. The first-order valence-corrected chi connectivity index (χ1v) is 4.96. The lowest BCUT2D eigenvalue weighted by atomic mass is 10.4. The van der Waals surface area contributed by atoms with Gasteiger partial charge in [0.25, 0.3) is 0 Å². The molecular weight excluding hydrogens is 220 g/mol. The lowest BCUT2D eigenvalue weighted by Gasteiger charge is -2.03. The van der Waals surface area contributed by atoms with E-state index < -0.39 is 0 Å². The zero-order valence-electron chi connectivity index (χ0n) is 8.72. The lowest BCUT2D eigenvalue weighted by Crippen LogP contribution is -2.05. The number of anilines is 1. The van der Waals surface area contributed by atoms with Gasteiger partial charge in [-0.25, -0.2) is 9.97 Å². The molecule has 0 unspecified atom stereocenters. The van der Waals surface area contributed by atoms with Gasteiger partial charge in [0.05, 0.1) is 12.2 Å². The molecule has 1 N–H and O–H groups in total. The van der Waals surface area contributed by atoms with Gasteiger partial charge < -0.3 is 5.32 Å². The number of hydrogen-bond acceptors (Lipinski definition) is 7. The van der Waals surface area contributed by atoms with E-state index in [0.29, 0.717) is 18.0 Å². The number of tetrazole rings is 1. The maximum Gasteiger partial charge on any atom is 0.200 e. The van der Waals surface area contributed by atoms with Crippen LogP contribution in [0.2, 0.25) is 0 Å². The van der Waals surface area contributed by atoms with Gasteiger partial charge in [-0.2, -0.15) is 0 Å². The molecule has 0 atom stereocenters. The van der Waals surface area contributed by atoms with Crippen LogP contribution in [0.4, 0.5) is 5.82 Å². The van der Waals surface area contributed by atoms with Crippen molar-refractivity contribution in [3.8, 4) is 0 Å². The summed E-state index contributed by atoms with van der Waals surface area (Å²) in [4.78, 5) is 7.95. The number of nitrogens with one attached hydrogen (secondary N) is 1. The van der Waals surface area contributed by atoms with E-state index in [2.05, 4.69) is 35.9 Å². The molecule has 3 aromatic heterocycles. The summed E-state index contributed by atoms with van der Waals surface area (Å²) >= 11 is 0. The minimum absolute atomic E-state index is 0.573. The smallest absolute Gasteiger partial charge is 0.200 e. The van der Waals surface area contributed by atoms with Gasteiger partial charge in [0.15, 0.2) is 5.65 Å². The molecule has 0 spiro atoms. The molecule has 0 radical (unpaired) electrons. The summed E-state index contributed by atoms with van der Waals surface area (Å²) in [7, 11) is 0. The zero-order valence-corrected chi connectivity index (χ0v) is 8.72. The third kappa shape index (κ3) is 2.00. The van der Waals surface area contributed by atoms with Crippen LogP contribution in [0.25, 0.3) is 5.65 Å². The summed E-state index contributed by atoms with van der Waals surface area (Å²) < 4.78 is 1.36. The van der Waals surface area contributed by atoms with Gasteiger partial charge in [0.1, 0.15) is 12.1 Å². The zero-order chi connectivity index (χ0) is 11.5. The number of nitrogens with zero attached hydrogens (tertiary/aromatic N) is 7. The van der Waals surface area contributed by atoms with Crippen molar-refractivity contribution in [3.05, 3.63) is 36.4 Å². The first-order chi connectivity index (χ1) is 8.42. The van der Waals surface area contributed by atoms with E-state index in [9.17, 15) is 0 Å². The maximum atomic E-state index is 4.18. The fourth-order valence-electron chi connectivity index (χ4n) is 1.35. The SMILES string of the molecule is c1cc(CNc2ccc3nnnn3n2)ncn1. The van der Waals surface area contributed by atoms with Gasteiger partial charge in [-0.1, -0.05) is 0 Å². The van der Waals surface area contributed by atoms with E-state index in [-0.39, 0.29) is 0 Å². The predicted octanol–water partition coefficient (Wildman–Crippen LogP) is -0.0786. The van der Waals surface area contributed by atoms with E-state index in [1.807, 2.05) is 12.1 Å². The summed E-state index contributed by atoms with van der Waals surface area (Å²) in [6.07, 6.45) is 3.21. The van der Waals surface area contributed by atoms with Crippen LogP contribution in [-0.4, -0.2) is 35.2 Å². The van der Waals surface area contributed by atoms with Crippen molar-refractivity contribution in [2.75, 3.05) is 5.32 Å². The molecular formula is C9H8N8. The highest BCUT2D eigenvalue weighted by atomic mass is 15.6. The van der Waals surface area contributed by atoms with Gasteiger partial charge in [0.2, 0.25) is 0 Å². The summed E-state index contributed by atoms with van der Waals surface area (Å²) in [6, 6.07) is 5.44. The van der Waals surface area contributed by atoms with Crippen molar-refractivity contribution in [1.82, 2.24) is 35.2 Å². The second kappa shape index (κ2) is 4.08. The van der Waals surface area contributed by atoms with E-state index in [1.54, 1.807) is 12.3 Å². The fourth-order valence-corrected chi connectivity index (χ4v) is 1.35. The molecule has 3 heterocycles. The molecule has 8 heteroatoms. The third-order valence-electron chi connectivity index (χ3n) is 2.16. The van der Waals surface area contributed by atoms with E-state index in [1.165, 1.54) is 11.0 Å². The molecule has 0 fully saturated rings. The van der Waals surface area contributed by atoms with Crippen molar-refractivity contribution in [3.63, 3.8) is 0 Å². The first kappa shape index (κ1) is 9.58. The molecule has 3 aromatic rings. The van der Waals surface area contributed by atoms with Gasteiger partial charge in [-0.15, -0.1) is 14.8 Å². The number of fused-ring (bicyclic) bond motifs is 1. The Morgan fingerprint density at radius 2 is 2.24 bits per heavy atom. The standard InChI is InChI=1S/C9H8N8/c1-2-9-13-15-16-17(9)14-8(1)11-5-7-3-4-10-6-12-7/h1-4,6H,5H2,(H,11,14). The normalized spacial score (nSPS) is 10.6. The Morgan fingerprint density at radius 3 is 3.12 bits per heavy atom. The number of aromatic nitrogens is 7. The molecule has 8 nitrogen and oxygen atoms in total. The molecule has 0 saturated carbocycles. The second-order valence-electron chi connectivity index (χ2n) is 3.30. The van der Waals surface area contributed by atoms with E-state index in [4.69, 9.17) is 0 Å². The molecule has 0 saturated heterocycles. The fraction of sp³-hybridized carbons (Fsp3) is 0.111. The largest absolute Gasteiger partial charge is 0.363 e. The van der Waals surface area contributed by atoms with Crippen molar-refractivity contribution in [2.45, 2.75) is 6.54 Å². The van der Waals surface area contributed by atoms with Crippen molar-refractivity contribution < 1.29 is 0 Å². The van der Waals surface area contributed by atoms with Gasteiger partial charge in [0, 0.05) is 6.20 Å². The van der Waals surface area contributed by atoms with E-state index >= 15 is 0 Å². The molecule has 0 aliphatic carbocycles. The van der Waals surface area contributed by atoms with Crippen LogP contribution in [0.5, 0.6) is 0 Å². The second-order valence-corrected chi connectivity index (χ2v) is 3.30. The van der Waals surface area contributed by atoms with Crippen molar-refractivity contribution in [2.24, 2.45) is 0 Å². The molecule has 0 aliphatic rings. The molecule has 0 amide bonds. The molecule has 3 rings (SSSR count). The van der Waals surface area contributed by atoms with Crippen LogP contribution in [0, 0.1) is 0 Å². The predicted molar refractivity (Wildman–Crippen MR) is 57.9 cm³/mol. The molecule has 0 bridgehead atoms. The molecule has 17 heavy (non-hydrogen) atoms. The summed E-state index contributed by atoms with van der Waals surface area (Å²) in [6.45, 7) is 0.573. The summed E-state index contributed by atoms with van der Waals surface area (Å²) in [5.74, 6) is 0.684. The Labute approximate surface area is 95.7 Å². The Kier molecular flexibility index (Phi) is 2.30. The lowest BCUT2D eigenvalue weighted by molar-refractivity contribution is 0.733. The highest BCUT2D eigenvalue weighted by molar-refractivity contribution is 5.42. The van der Waals surface area contributed by atoms with Crippen LogP contribution in [0.15, 0.2) is 30.7 Å². The van der Waals surface area contributed by atoms with Gasteiger partial charge in [-0.3, -0.25) is 0 Å². The Balaban J connectivity index is 1.76. The molecule has 0 aliphatic heterocycles. The Morgan fingerprint density at radius 1 is 1.24 bits per heavy atom. The summed E-state index contributed by atoms with van der Waals surface area (Å²) in [5.41, 5.74) is 1.50. The number of rotatable bonds is 3. The monoisotopic (exact) mass is 228 g/mol. The van der Waals surface area contributed by atoms with Crippen LogP contribution in [0.3, 0.4) is 0 Å². The van der Waals surface area contributed by atoms with Crippen LogP contribution in [0.1, 0.15) is 5.69 Å². The molecule has 84 valence electrons. The average molecular weight is 228 g/mol. The third-order valence-corrected chi connectivity index (χ3v) is 2.16. The van der Waals surface area contributed by atoms with Crippen LogP contribution < -0.4 is 5.32 Å². The van der Waals surface area contributed by atoms with Crippen molar-refractivity contribution >= 4 is 11.5 Å². The highest BCUT2D eigenvalue weighted by Crippen LogP contribution is 2.04. The number of hydrogen-bond donors (Lipinski definition) is 1. The highest BCUT2D eigenvalue weighted by Gasteiger charge is 2.00. The topological polar surface area (TPSA) is 93.8 Å². The maximum absolute atomic E-state index is 4.18. The minimum atomic E-state index is 0.573. The van der Waals surface area contributed by atoms with Gasteiger partial charge >= 0.3 is 0 Å². The van der Waals surface area contributed by atoms with Crippen LogP contribution in [-0.2, 0) is 6.54 Å².